The second-order valence-electron chi connectivity index (χ2n) is 3.16. The third kappa shape index (κ3) is 2.86. The predicted octanol–water partition coefficient (Wildman–Crippen LogP) is 2.79. The molecule has 1 rings (SSSR count). The fourth-order valence-electron chi connectivity index (χ4n) is 1.14. The van der Waals surface area contributed by atoms with E-state index in [9.17, 15) is 13.2 Å². The van der Waals surface area contributed by atoms with E-state index in [1.807, 2.05) is 6.92 Å². The molecule has 86 valence electrons. The molecule has 0 atom stereocenters. The van der Waals surface area contributed by atoms with E-state index >= 15 is 0 Å². The summed E-state index contributed by atoms with van der Waals surface area (Å²) in [6, 6.07) is 2.33. The number of nitriles is 1. The molecule has 1 N–H and O–H groups in total. The summed E-state index contributed by atoms with van der Waals surface area (Å²) in [5.41, 5.74) is -1.33. The van der Waals surface area contributed by atoms with Crippen LogP contribution >= 0.6 is 0 Å². The van der Waals surface area contributed by atoms with Gasteiger partial charge >= 0.3 is 6.18 Å². The van der Waals surface area contributed by atoms with Crippen molar-refractivity contribution in [3.63, 3.8) is 0 Å². The summed E-state index contributed by atoms with van der Waals surface area (Å²) in [5, 5.41) is 11.3. The van der Waals surface area contributed by atoms with Gasteiger partial charge in [0.2, 0.25) is 0 Å². The van der Waals surface area contributed by atoms with Crippen LogP contribution in [0.5, 0.6) is 0 Å². The molecule has 0 amide bonds. The van der Waals surface area contributed by atoms with Crippen molar-refractivity contribution >= 4 is 5.69 Å². The Bertz CT molecular complexity index is 407. The molecular formula is C10H10F3N3. The summed E-state index contributed by atoms with van der Waals surface area (Å²) >= 11 is 0. The normalized spacial score (nSPS) is 10.9. The number of aromatic nitrogens is 1. The Kier molecular flexibility index (Phi) is 3.72. The SMILES string of the molecule is CCCNc1cnc(C#N)c(C(F)(F)F)c1. The van der Waals surface area contributed by atoms with Gasteiger partial charge in [0.1, 0.15) is 6.07 Å². The van der Waals surface area contributed by atoms with Crippen LogP contribution in [0, 0.1) is 11.3 Å². The van der Waals surface area contributed by atoms with E-state index in [1.165, 1.54) is 12.3 Å². The second-order valence-corrected chi connectivity index (χ2v) is 3.16. The van der Waals surface area contributed by atoms with E-state index in [2.05, 4.69) is 10.3 Å². The Balaban J connectivity index is 3.08. The zero-order valence-electron chi connectivity index (χ0n) is 8.60. The Hall–Kier alpha value is -1.77. The van der Waals surface area contributed by atoms with Crippen LogP contribution < -0.4 is 5.32 Å². The Morgan fingerprint density at radius 3 is 2.69 bits per heavy atom. The van der Waals surface area contributed by atoms with Crippen LogP contribution in [0.1, 0.15) is 24.6 Å². The van der Waals surface area contributed by atoms with Crippen LogP contribution in [0.15, 0.2) is 12.3 Å². The van der Waals surface area contributed by atoms with Crippen LogP contribution in [0.25, 0.3) is 0 Å². The number of pyridine rings is 1. The number of rotatable bonds is 3. The van der Waals surface area contributed by atoms with Crippen LogP contribution in [0.2, 0.25) is 0 Å². The molecular weight excluding hydrogens is 219 g/mol. The topological polar surface area (TPSA) is 48.7 Å². The maximum Gasteiger partial charge on any atom is 0.419 e. The lowest BCUT2D eigenvalue weighted by molar-refractivity contribution is -0.138. The molecule has 0 bridgehead atoms. The number of halogens is 3. The average molecular weight is 229 g/mol. The first-order chi connectivity index (χ1) is 7.49. The third-order valence-corrected chi connectivity index (χ3v) is 1.88. The Morgan fingerprint density at radius 2 is 2.19 bits per heavy atom. The first kappa shape index (κ1) is 12.3. The van der Waals surface area contributed by atoms with Crippen molar-refractivity contribution in [2.24, 2.45) is 0 Å². The molecule has 0 saturated heterocycles. The summed E-state index contributed by atoms with van der Waals surface area (Å²) in [5.74, 6) is 0. The standard InChI is InChI=1S/C10H10F3N3/c1-2-3-15-7-4-8(10(11,12)13)9(5-14)16-6-7/h4,6,15H,2-3H2,1H3. The molecule has 0 radical (unpaired) electrons. The van der Waals surface area contributed by atoms with Gasteiger partial charge in [-0.15, -0.1) is 0 Å². The third-order valence-electron chi connectivity index (χ3n) is 1.88. The molecule has 6 heteroatoms. The van der Waals surface area contributed by atoms with Gasteiger partial charge in [-0.05, 0) is 12.5 Å². The molecule has 0 saturated carbocycles. The molecule has 0 aromatic carbocycles. The minimum absolute atomic E-state index is 0.271. The number of anilines is 1. The highest BCUT2D eigenvalue weighted by Crippen LogP contribution is 2.32. The molecule has 0 spiro atoms. The van der Waals surface area contributed by atoms with E-state index in [1.54, 1.807) is 0 Å². The molecule has 0 aliphatic carbocycles. The summed E-state index contributed by atoms with van der Waals surface area (Å²) in [4.78, 5) is 3.47. The summed E-state index contributed by atoms with van der Waals surface area (Å²) in [6.45, 7) is 2.46. The molecule has 0 aliphatic rings. The van der Waals surface area contributed by atoms with Gasteiger partial charge < -0.3 is 5.32 Å². The maximum absolute atomic E-state index is 12.5. The minimum Gasteiger partial charge on any atom is -0.384 e. The quantitative estimate of drug-likeness (QED) is 0.866. The number of nitrogens with zero attached hydrogens (tertiary/aromatic N) is 2. The molecule has 0 aliphatic heterocycles. The van der Waals surface area contributed by atoms with E-state index < -0.39 is 17.4 Å². The van der Waals surface area contributed by atoms with Crippen LogP contribution in [-0.2, 0) is 6.18 Å². The van der Waals surface area contributed by atoms with Crippen molar-refractivity contribution in [2.75, 3.05) is 11.9 Å². The highest BCUT2D eigenvalue weighted by atomic mass is 19.4. The van der Waals surface area contributed by atoms with Gasteiger partial charge in [0.25, 0.3) is 0 Å². The first-order valence-electron chi connectivity index (χ1n) is 4.70. The van der Waals surface area contributed by atoms with Gasteiger partial charge in [0.15, 0.2) is 5.69 Å². The zero-order valence-corrected chi connectivity index (χ0v) is 8.60. The first-order valence-corrected chi connectivity index (χ1v) is 4.70. The fraction of sp³-hybridized carbons (Fsp3) is 0.400. The molecule has 0 fully saturated rings. The van der Waals surface area contributed by atoms with Crippen molar-refractivity contribution in [3.8, 4) is 6.07 Å². The monoisotopic (exact) mass is 229 g/mol. The highest BCUT2D eigenvalue weighted by molar-refractivity contribution is 5.48. The Morgan fingerprint density at radius 1 is 1.50 bits per heavy atom. The second kappa shape index (κ2) is 4.84. The van der Waals surface area contributed by atoms with E-state index in [4.69, 9.17) is 5.26 Å². The van der Waals surface area contributed by atoms with Gasteiger partial charge in [-0.1, -0.05) is 6.92 Å². The maximum atomic E-state index is 12.5. The van der Waals surface area contributed by atoms with Crippen molar-refractivity contribution < 1.29 is 13.2 Å². The van der Waals surface area contributed by atoms with Crippen molar-refractivity contribution in [3.05, 3.63) is 23.5 Å². The number of hydrogen-bond donors (Lipinski definition) is 1. The summed E-state index contributed by atoms with van der Waals surface area (Å²) in [6.07, 6.45) is -2.53. The number of nitrogens with one attached hydrogen (secondary N) is 1. The fourth-order valence-corrected chi connectivity index (χ4v) is 1.14. The molecule has 16 heavy (non-hydrogen) atoms. The van der Waals surface area contributed by atoms with Crippen LogP contribution in [-0.4, -0.2) is 11.5 Å². The zero-order chi connectivity index (χ0) is 12.2. The lowest BCUT2D eigenvalue weighted by Crippen LogP contribution is -2.11. The lowest BCUT2D eigenvalue weighted by Gasteiger charge is -2.10. The largest absolute Gasteiger partial charge is 0.419 e. The molecule has 0 unspecified atom stereocenters. The molecule has 1 aromatic rings. The van der Waals surface area contributed by atoms with Crippen molar-refractivity contribution in [1.29, 1.82) is 5.26 Å². The number of hydrogen-bond acceptors (Lipinski definition) is 3. The average Bonchev–Trinajstić information content (AvgIpc) is 2.24. The summed E-state index contributed by atoms with van der Waals surface area (Å²) in [7, 11) is 0. The smallest absolute Gasteiger partial charge is 0.384 e. The van der Waals surface area contributed by atoms with E-state index in [0.29, 0.717) is 6.54 Å². The van der Waals surface area contributed by atoms with Crippen LogP contribution in [0.4, 0.5) is 18.9 Å². The minimum atomic E-state index is -4.55. The molecule has 1 aromatic heterocycles. The summed E-state index contributed by atoms with van der Waals surface area (Å²) < 4.78 is 37.6. The van der Waals surface area contributed by atoms with Gasteiger partial charge in [-0.2, -0.15) is 18.4 Å². The molecule has 1 heterocycles. The lowest BCUT2D eigenvalue weighted by atomic mass is 10.2. The van der Waals surface area contributed by atoms with Gasteiger partial charge in [-0.3, -0.25) is 0 Å². The van der Waals surface area contributed by atoms with Gasteiger partial charge in [0, 0.05) is 6.54 Å². The van der Waals surface area contributed by atoms with Crippen LogP contribution in [0.3, 0.4) is 0 Å². The van der Waals surface area contributed by atoms with Gasteiger partial charge in [0.05, 0.1) is 17.4 Å². The predicted molar refractivity (Wildman–Crippen MR) is 52.7 cm³/mol. The van der Waals surface area contributed by atoms with Gasteiger partial charge in [-0.25, -0.2) is 4.98 Å². The van der Waals surface area contributed by atoms with Crippen molar-refractivity contribution in [1.82, 2.24) is 4.98 Å². The van der Waals surface area contributed by atoms with E-state index in [-0.39, 0.29) is 5.69 Å². The number of alkyl halides is 3. The highest BCUT2D eigenvalue weighted by Gasteiger charge is 2.34. The molecule has 3 nitrogen and oxygen atoms in total. The van der Waals surface area contributed by atoms with E-state index in [0.717, 1.165) is 12.5 Å². The van der Waals surface area contributed by atoms with Crippen molar-refractivity contribution in [2.45, 2.75) is 19.5 Å². The Labute approximate surface area is 90.9 Å².